The topological polar surface area (TPSA) is 102 Å². The number of aliphatic imine (C=N–C) groups is 1. The van der Waals surface area contributed by atoms with Crippen LogP contribution < -0.4 is 0 Å². The molecule has 0 bridgehead atoms. The van der Waals surface area contributed by atoms with E-state index < -0.39 is 63.2 Å². The van der Waals surface area contributed by atoms with E-state index in [0.717, 1.165) is 6.40 Å². The van der Waals surface area contributed by atoms with Crippen molar-refractivity contribution in [1.82, 2.24) is 0 Å². The summed E-state index contributed by atoms with van der Waals surface area (Å²) in [6.45, 7) is 13.6. The molecule has 190 valence electrons. The highest BCUT2D eigenvalue weighted by Crippen LogP contribution is 2.40. The second-order valence-corrected chi connectivity index (χ2v) is 12.6. The number of alkyl halides is 3. The molecule has 33 heavy (non-hydrogen) atoms. The average Bonchev–Trinajstić information content (AvgIpc) is 2.94. The normalized spacial score (nSPS) is 30.1. The van der Waals surface area contributed by atoms with E-state index >= 15 is 0 Å². The van der Waals surface area contributed by atoms with Crippen LogP contribution in [0.4, 0.5) is 0 Å². The number of hydrogen-bond acceptors (Lipinski definition) is 9. The van der Waals surface area contributed by atoms with E-state index in [4.69, 9.17) is 63.2 Å². The Morgan fingerprint density at radius 3 is 2.03 bits per heavy atom. The van der Waals surface area contributed by atoms with Gasteiger partial charge in [0, 0.05) is 0 Å². The Hall–Kier alpha value is -0.840. The van der Waals surface area contributed by atoms with Crippen molar-refractivity contribution in [2.75, 3.05) is 6.61 Å². The smallest absolute Gasteiger partial charge is 0.311 e. The van der Waals surface area contributed by atoms with Gasteiger partial charge in [-0.15, -0.1) is 0 Å². The second-order valence-electron chi connectivity index (χ2n) is 10.4. The molecule has 2 aliphatic rings. The summed E-state index contributed by atoms with van der Waals surface area (Å²) in [5.74, 6) is -1.94. The standard InChI is InChI=1S/C21H32Cl3NO8/c1-18(2,3)16(26)28-9-11-12-13(33-20(7,8)32-12)14(31-17(27)19(4,5)6)15(30-11)29-10-25-21(22,23)24/h10-15H,9H2,1-8H3/b25-10+/t11-,12+,13+,14-,15-/m1/s1. The molecule has 0 aliphatic carbocycles. The molecular weight excluding hydrogens is 501 g/mol. The van der Waals surface area contributed by atoms with E-state index in [9.17, 15) is 9.59 Å². The summed E-state index contributed by atoms with van der Waals surface area (Å²) < 4.78 is 32.8. The Balaban J connectivity index is 2.32. The number of carbonyl (C=O) groups excluding carboxylic acids is 2. The first-order valence-corrected chi connectivity index (χ1v) is 11.6. The van der Waals surface area contributed by atoms with Crippen molar-refractivity contribution in [3.05, 3.63) is 0 Å². The molecule has 0 spiro atoms. The van der Waals surface area contributed by atoms with Crippen LogP contribution >= 0.6 is 34.8 Å². The quantitative estimate of drug-likeness (QED) is 0.171. The van der Waals surface area contributed by atoms with Crippen LogP contribution in [0.15, 0.2) is 4.99 Å². The van der Waals surface area contributed by atoms with Crippen molar-refractivity contribution in [1.29, 1.82) is 0 Å². The number of esters is 2. The molecule has 0 saturated carbocycles. The maximum absolute atomic E-state index is 12.7. The molecular formula is C21H32Cl3NO8. The Morgan fingerprint density at radius 1 is 0.970 bits per heavy atom. The van der Waals surface area contributed by atoms with Gasteiger partial charge in [0.25, 0.3) is 3.92 Å². The van der Waals surface area contributed by atoms with Gasteiger partial charge >= 0.3 is 11.9 Å². The van der Waals surface area contributed by atoms with Crippen LogP contribution in [0.1, 0.15) is 55.4 Å². The molecule has 2 rings (SSSR count). The number of rotatable bonds is 5. The monoisotopic (exact) mass is 531 g/mol. The molecule has 2 aliphatic heterocycles. The number of hydrogen-bond donors (Lipinski definition) is 0. The summed E-state index contributed by atoms with van der Waals surface area (Å²) in [5, 5.41) is 0. The molecule has 0 amide bonds. The average molecular weight is 533 g/mol. The van der Waals surface area contributed by atoms with Crippen molar-refractivity contribution in [3.8, 4) is 0 Å². The zero-order valence-corrected chi connectivity index (χ0v) is 22.3. The van der Waals surface area contributed by atoms with Gasteiger partial charge in [0.05, 0.1) is 10.8 Å². The molecule has 5 atom stereocenters. The van der Waals surface area contributed by atoms with Gasteiger partial charge in [-0.05, 0) is 55.4 Å². The fraction of sp³-hybridized carbons (Fsp3) is 0.857. The Bertz CT molecular complexity index is 754. The molecule has 9 nitrogen and oxygen atoms in total. The maximum atomic E-state index is 12.7. The lowest BCUT2D eigenvalue weighted by atomic mass is 9.95. The van der Waals surface area contributed by atoms with Gasteiger partial charge < -0.3 is 28.4 Å². The SMILES string of the molecule is CC1(C)O[C@H]2[C@@H](O1)[C@@H](COC(=O)C(C)(C)C)O[C@@H](O/C=N/C(Cl)(Cl)Cl)[C@@H]2OC(=O)C(C)(C)C. The molecule has 2 saturated heterocycles. The molecule has 2 fully saturated rings. The molecule has 0 aromatic rings. The minimum absolute atomic E-state index is 0.141. The van der Waals surface area contributed by atoms with Crippen LogP contribution in [-0.4, -0.2) is 65.4 Å². The fourth-order valence-corrected chi connectivity index (χ4v) is 3.15. The van der Waals surface area contributed by atoms with E-state index in [-0.39, 0.29) is 6.61 Å². The van der Waals surface area contributed by atoms with Gasteiger partial charge in [-0.3, -0.25) is 9.59 Å². The highest BCUT2D eigenvalue weighted by molar-refractivity contribution is 6.67. The molecule has 0 radical (unpaired) electrons. The Morgan fingerprint density at radius 2 is 1.52 bits per heavy atom. The summed E-state index contributed by atoms with van der Waals surface area (Å²) in [4.78, 5) is 28.6. The van der Waals surface area contributed by atoms with Gasteiger partial charge in [0.2, 0.25) is 6.29 Å². The highest BCUT2D eigenvalue weighted by atomic mass is 35.6. The molecule has 0 aromatic carbocycles. The Labute approximate surface area is 209 Å². The molecule has 0 N–H and O–H groups in total. The lowest BCUT2D eigenvalue weighted by Gasteiger charge is -2.41. The zero-order chi connectivity index (χ0) is 25.4. The van der Waals surface area contributed by atoms with Crippen molar-refractivity contribution < 1.29 is 38.0 Å². The van der Waals surface area contributed by atoms with Gasteiger partial charge in [-0.25, -0.2) is 4.99 Å². The van der Waals surface area contributed by atoms with Crippen molar-refractivity contribution in [3.63, 3.8) is 0 Å². The molecule has 0 aromatic heterocycles. The van der Waals surface area contributed by atoms with Crippen molar-refractivity contribution in [2.24, 2.45) is 15.8 Å². The summed E-state index contributed by atoms with van der Waals surface area (Å²) >= 11 is 16.9. The highest BCUT2D eigenvalue weighted by Gasteiger charge is 2.58. The minimum atomic E-state index is -1.95. The van der Waals surface area contributed by atoms with Gasteiger partial charge in [-0.2, -0.15) is 0 Å². The van der Waals surface area contributed by atoms with Gasteiger partial charge in [0.15, 0.2) is 18.3 Å². The number of halogens is 3. The number of carbonyl (C=O) groups is 2. The van der Waals surface area contributed by atoms with E-state index in [1.165, 1.54) is 0 Å². The zero-order valence-electron chi connectivity index (χ0n) is 20.0. The van der Waals surface area contributed by atoms with E-state index in [0.29, 0.717) is 0 Å². The van der Waals surface area contributed by atoms with Crippen LogP contribution in [-0.2, 0) is 38.0 Å². The number of ether oxygens (including phenoxy) is 6. The molecule has 0 unspecified atom stereocenters. The van der Waals surface area contributed by atoms with Gasteiger partial charge in [-0.1, -0.05) is 34.8 Å². The Kier molecular flexibility index (Phi) is 8.63. The predicted octanol–water partition coefficient (Wildman–Crippen LogP) is 4.15. The van der Waals surface area contributed by atoms with Crippen molar-refractivity contribution in [2.45, 2.75) is 95.8 Å². The van der Waals surface area contributed by atoms with Crippen LogP contribution in [0.5, 0.6) is 0 Å². The molecule has 2 heterocycles. The van der Waals surface area contributed by atoms with Crippen LogP contribution in [0.25, 0.3) is 0 Å². The molecule has 12 heteroatoms. The maximum Gasteiger partial charge on any atom is 0.311 e. The fourth-order valence-electron chi connectivity index (χ4n) is 3.03. The third-order valence-electron chi connectivity index (χ3n) is 4.67. The van der Waals surface area contributed by atoms with E-state index in [1.807, 2.05) is 0 Å². The summed E-state index contributed by atoms with van der Waals surface area (Å²) in [6.07, 6.45) is -3.64. The number of fused-ring (bicyclic) bond motifs is 1. The summed E-state index contributed by atoms with van der Waals surface area (Å²) in [6, 6.07) is 0. The van der Waals surface area contributed by atoms with E-state index in [2.05, 4.69) is 4.99 Å². The third kappa shape index (κ3) is 8.11. The first-order valence-electron chi connectivity index (χ1n) is 10.5. The minimum Gasteiger partial charge on any atom is -0.462 e. The van der Waals surface area contributed by atoms with Crippen molar-refractivity contribution >= 4 is 53.1 Å². The second kappa shape index (κ2) is 10.0. The van der Waals surface area contributed by atoms with Crippen LogP contribution in [0.2, 0.25) is 0 Å². The first kappa shape index (κ1) is 28.4. The van der Waals surface area contributed by atoms with E-state index in [1.54, 1.807) is 55.4 Å². The summed E-state index contributed by atoms with van der Waals surface area (Å²) in [5.41, 5.74) is -1.52. The lowest BCUT2D eigenvalue weighted by Crippen LogP contribution is -2.60. The lowest BCUT2D eigenvalue weighted by molar-refractivity contribution is -0.267. The first-order chi connectivity index (χ1) is 14.8. The van der Waals surface area contributed by atoms with Crippen LogP contribution in [0, 0.1) is 10.8 Å². The predicted molar refractivity (Wildman–Crippen MR) is 122 cm³/mol. The largest absolute Gasteiger partial charge is 0.462 e. The van der Waals surface area contributed by atoms with Gasteiger partial charge in [0.1, 0.15) is 24.9 Å². The third-order valence-corrected chi connectivity index (χ3v) is 4.96. The summed E-state index contributed by atoms with van der Waals surface area (Å²) in [7, 11) is 0. The van der Waals surface area contributed by atoms with Crippen LogP contribution in [0.3, 0.4) is 0 Å². The number of nitrogens with zero attached hydrogens (tertiary/aromatic N) is 1.